The second-order valence-corrected chi connectivity index (χ2v) is 0. The van der Waals surface area contributed by atoms with Crippen molar-refractivity contribution in [2.24, 2.45) is 0 Å². The zero-order valence-corrected chi connectivity index (χ0v) is 13.5. The zero-order chi connectivity index (χ0) is 0. The van der Waals surface area contributed by atoms with Gasteiger partial charge in [-0.05, 0) is 0 Å². The van der Waals surface area contributed by atoms with Gasteiger partial charge in [0.25, 0.3) is 0 Å². The first kappa shape index (κ1) is 27.3. The molecule has 0 aromatic heterocycles. The molecule has 0 aromatic rings. The molecule has 29 valence electrons. The summed E-state index contributed by atoms with van der Waals surface area (Å²) in [6.07, 6.45) is 0. The van der Waals surface area contributed by atoms with Crippen LogP contribution in [0.5, 0.6) is 0 Å². The summed E-state index contributed by atoms with van der Waals surface area (Å²) < 4.78 is 0. The molecule has 0 heterocycles. The molecule has 0 atom stereocenters. The fourth-order valence-corrected chi connectivity index (χ4v) is 0. The Balaban J connectivity index is 0. The van der Waals surface area contributed by atoms with Gasteiger partial charge in [-0.25, -0.2) is 0 Å². The molecular weight excluding hydrogens is 562 g/mol. The molecule has 0 bridgehead atoms. The Morgan fingerprint density at radius 1 is 0.750 bits per heavy atom. The van der Waals surface area contributed by atoms with Crippen molar-refractivity contribution in [1.82, 2.24) is 0 Å². The standard InChI is InChI=1S/Ag.Hg.2HI/h;;2*1H. The molecule has 0 fully saturated rings. The van der Waals surface area contributed by atoms with Crippen LogP contribution in [0.2, 0.25) is 0 Å². The number of hydrogen-bond acceptors (Lipinski definition) is 0. The molecular formula is H2AgHgI2. The van der Waals surface area contributed by atoms with Crippen LogP contribution in [0.15, 0.2) is 0 Å². The Morgan fingerprint density at radius 2 is 0.750 bits per heavy atom. The van der Waals surface area contributed by atoms with Crippen LogP contribution < -0.4 is 0 Å². The van der Waals surface area contributed by atoms with Crippen LogP contribution in [0.25, 0.3) is 0 Å². The predicted molar refractivity (Wildman–Crippen MR) is 30.8 cm³/mol. The average molecular weight is 564 g/mol. The van der Waals surface area contributed by atoms with E-state index in [-0.39, 0.29) is 98.0 Å². The normalized spacial score (nSPS) is 0. The third-order valence-corrected chi connectivity index (χ3v) is 0. The van der Waals surface area contributed by atoms with Crippen molar-refractivity contribution in [3.63, 3.8) is 0 Å². The van der Waals surface area contributed by atoms with Crippen molar-refractivity contribution in [3.8, 4) is 0 Å². The molecule has 0 spiro atoms. The van der Waals surface area contributed by atoms with E-state index >= 15 is 0 Å². The summed E-state index contributed by atoms with van der Waals surface area (Å²) in [6.45, 7) is 0. The Bertz CT molecular complexity index is 6.00. The van der Waals surface area contributed by atoms with E-state index in [1.165, 1.54) is 0 Å². The van der Waals surface area contributed by atoms with Gasteiger partial charge in [0.1, 0.15) is 0 Å². The number of rotatable bonds is 0. The van der Waals surface area contributed by atoms with Gasteiger partial charge in [-0.3, -0.25) is 0 Å². The molecule has 0 nitrogen and oxygen atoms in total. The summed E-state index contributed by atoms with van der Waals surface area (Å²) in [6, 6.07) is 0. The van der Waals surface area contributed by atoms with Crippen molar-refractivity contribution in [3.05, 3.63) is 0 Å². The van der Waals surface area contributed by atoms with Gasteiger partial charge < -0.3 is 0 Å². The van der Waals surface area contributed by atoms with Gasteiger partial charge in [0.05, 0.1) is 0 Å². The Labute approximate surface area is 95.9 Å². The number of halogens is 2. The molecule has 0 amide bonds. The van der Waals surface area contributed by atoms with Gasteiger partial charge in [0, 0.05) is 50.0 Å². The molecule has 0 aliphatic rings. The van der Waals surface area contributed by atoms with E-state index in [4.69, 9.17) is 0 Å². The van der Waals surface area contributed by atoms with Gasteiger partial charge in [0.15, 0.2) is 0 Å². The van der Waals surface area contributed by atoms with Gasteiger partial charge in [-0.2, -0.15) is 0 Å². The first-order valence-corrected chi connectivity index (χ1v) is 0. The molecule has 0 saturated carbocycles. The van der Waals surface area contributed by atoms with Gasteiger partial charge in [0.2, 0.25) is 0 Å². The van der Waals surface area contributed by atoms with Crippen molar-refractivity contribution >= 4 is 48.0 Å². The van der Waals surface area contributed by atoms with Crippen LogP contribution in [0, 0.1) is 0 Å². The van der Waals surface area contributed by atoms with Crippen molar-refractivity contribution < 1.29 is 50.0 Å². The van der Waals surface area contributed by atoms with Crippen LogP contribution in [-0.4, -0.2) is 0 Å². The molecule has 4 heteroatoms. The maximum atomic E-state index is 0. The molecule has 0 aliphatic carbocycles. The minimum Gasteiger partial charge on any atom is -0.107 e. The quantitative estimate of drug-likeness (QED) is 0.307. The number of hydrogen-bond donors (Lipinski definition) is 0. The summed E-state index contributed by atoms with van der Waals surface area (Å²) in [4.78, 5) is 0. The molecule has 0 aromatic carbocycles. The van der Waals surface area contributed by atoms with Gasteiger partial charge in [-0.15, -0.1) is 48.0 Å². The van der Waals surface area contributed by atoms with Crippen molar-refractivity contribution in [2.45, 2.75) is 0 Å². The molecule has 0 rings (SSSR count). The van der Waals surface area contributed by atoms with E-state index in [2.05, 4.69) is 0 Å². The van der Waals surface area contributed by atoms with Gasteiger partial charge in [-0.1, -0.05) is 0 Å². The third-order valence-electron chi connectivity index (χ3n) is 0. The summed E-state index contributed by atoms with van der Waals surface area (Å²) in [7, 11) is 0. The van der Waals surface area contributed by atoms with E-state index in [0.29, 0.717) is 0 Å². The van der Waals surface area contributed by atoms with Crippen LogP contribution >= 0.6 is 48.0 Å². The SMILES string of the molecule is I.I.[Ag].[Hg]. The van der Waals surface area contributed by atoms with Crippen molar-refractivity contribution in [1.29, 1.82) is 0 Å². The Morgan fingerprint density at radius 3 is 0.750 bits per heavy atom. The van der Waals surface area contributed by atoms with E-state index in [1.54, 1.807) is 0 Å². The molecule has 0 saturated heterocycles. The Kier molecular flexibility index (Phi) is 112. The van der Waals surface area contributed by atoms with E-state index in [0.717, 1.165) is 0 Å². The van der Waals surface area contributed by atoms with Crippen LogP contribution in [0.3, 0.4) is 0 Å². The molecule has 0 N–H and O–H groups in total. The Hall–Kier alpha value is 3.14. The predicted octanol–water partition coefficient (Wildman–Crippen LogP) is 1.23. The second-order valence-electron chi connectivity index (χ2n) is 0. The second kappa shape index (κ2) is 16.5. The van der Waals surface area contributed by atoms with Crippen LogP contribution in [0.4, 0.5) is 0 Å². The topological polar surface area (TPSA) is 0 Å². The molecule has 0 aliphatic heterocycles. The first-order valence-electron chi connectivity index (χ1n) is 0. The van der Waals surface area contributed by atoms with E-state index < -0.39 is 0 Å². The molecule has 4 heavy (non-hydrogen) atoms. The van der Waals surface area contributed by atoms with Crippen LogP contribution in [0.1, 0.15) is 0 Å². The van der Waals surface area contributed by atoms with E-state index in [9.17, 15) is 0 Å². The minimum atomic E-state index is 0. The smallest absolute Gasteiger partial charge is 0 e. The van der Waals surface area contributed by atoms with E-state index in [1.807, 2.05) is 0 Å². The largest absolute Gasteiger partial charge is 0.107 e. The monoisotopic (exact) mass is 565 g/mol. The van der Waals surface area contributed by atoms with Crippen LogP contribution in [-0.2, 0) is 50.0 Å². The maximum absolute atomic E-state index is 0. The average Bonchev–Trinajstić information content (AvgIpc) is 0. The van der Waals surface area contributed by atoms with Crippen molar-refractivity contribution in [2.75, 3.05) is 0 Å². The first-order chi connectivity index (χ1) is 0. The third kappa shape index (κ3) is 8.93. The molecule has 0 unspecified atom stereocenters. The fourth-order valence-electron chi connectivity index (χ4n) is 0. The minimum absolute atomic E-state index is 0. The summed E-state index contributed by atoms with van der Waals surface area (Å²) in [5.74, 6) is 0. The summed E-state index contributed by atoms with van der Waals surface area (Å²) >= 11 is 0. The fraction of sp³-hybridized carbons (Fsp3) is 0. The van der Waals surface area contributed by atoms with Gasteiger partial charge >= 0.3 is 0 Å². The summed E-state index contributed by atoms with van der Waals surface area (Å²) in [5, 5.41) is 0. The summed E-state index contributed by atoms with van der Waals surface area (Å²) in [5.41, 5.74) is 0. The molecule has 1 radical (unpaired) electrons. The maximum Gasteiger partial charge on any atom is 0 e. The zero-order valence-electron chi connectivity index (χ0n) is 1.83.